The summed E-state index contributed by atoms with van der Waals surface area (Å²) in [4.78, 5) is 11.1. The highest BCUT2D eigenvalue weighted by Gasteiger charge is 2.24. The number of morpholine rings is 1. The van der Waals surface area contributed by atoms with E-state index in [-0.39, 0.29) is 11.1 Å². The van der Waals surface area contributed by atoms with Crippen LogP contribution in [-0.2, 0) is 4.74 Å². The number of rotatable bonds is 9. The van der Waals surface area contributed by atoms with Crippen molar-refractivity contribution >= 4 is 51.2 Å². The molecule has 220 valence electrons. The van der Waals surface area contributed by atoms with E-state index in [1.165, 1.54) is 18.3 Å². The third-order valence-corrected chi connectivity index (χ3v) is 7.85. The fourth-order valence-electron chi connectivity index (χ4n) is 5.04. The van der Waals surface area contributed by atoms with Crippen molar-refractivity contribution in [3.8, 4) is 6.07 Å². The second-order valence-corrected chi connectivity index (χ2v) is 10.9. The van der Waals surface area contributed by atoms with Gasteiger partial charge in [0.2, 0.25) is 0 Å². The molecule has 10 nitrogen and oxygen atoms in total. The topological polar surface area (TPSA) is 113 Å². The first-order valence-electron chi connectivity index (χ1n) is 13.7. The Bertz CT molecular complexity index is 1690. The Kier molecular flexibility index (Phi) is 8.74. The summed E-state index contributed by atoms with van der Waals surface area (Å²) in [5, 5.41) is 19.7. The Balaban J connectivity index is 1.32. The lowest BCUT2D eigenvalue weighted by Crippen LogP contribution is -2.44. The second-order valence-electron chi connectivity index (χ2n) is 10.1. The Morgan fingerprint density at radius 3 is 2.67 bits per heavy atom. The summed E-state index contributed by atoms with van der Waals surface area (Å²) < 4.78 is 19.3. The number of fused-ring (bicyclic) bond motifs is 1. The zero-order valence-electron chi connectivity index (χ0n) is 22.9. The van der Waals surface area contributed by atoms with Crippen LogP contribution < -0.4 is 21.6 Å². The number of halogens is 3. The Labute approximate surface area is 258 Å². The number of hydrogen-bond acceptors (Lipinski definition) is 10. The number of nitriles is 1. The highest BCUT2D eigenvalue weighted by atomic mass is 35.5. The van der Waals surface area contributed by atoms with Gasteiger partial charge in [0.25, 0.3) is 0 Å². The molecule has 2 aliphatic heterocycles. The molecule has 0 radical (unpaired) electrons. The van der Waals surface area contributed by atoms with E-state index in [0.29, 0.717) is 38.6 Å². The molecule has 0 amide bonds. The number of hydrogen-bond donors (Lipinski definition) is 4. The molecule has 0 bridgehead atoms. The van der Waals surface area contributed by atoms with E-state index < -0.39 is 5.82 Å². The lowest BCUT2D eigenvalue weighted by Gasteiger charge is -2.28. The van der Waals surface area contributed by atoms with Gasteiger partial charge in [0.05, 0.1) is 51.8 Å². The maximum atomic E-state index is 13.8. The first-order chi connectivity index (χ1) is 21.0. The van der Waals surface area contributed by atoms with Crippen molar-refractivity contribution in [1.82, 2.24) is 30.8 Å². The van der Waals surface area contributed by atoms with E-state index in [0.717, 1.165) is 50.7 Å². The molecule has 0 aliphatic carbocycles. The maximum absolute atomic E-state index is 13.8. The second kappa shape index (κ2) is 13.0. The average Bonchev–Trinajstić information content (AvgIpc) is 3.50. The van der Waals surface area contributed by atoms with Gasteiger partial charge in [-0.25, -0.2) is 4.39 Å². The third kappa shape index (κ3) is 6.59. The van der Waals surface area contributed by atoms with Crippen LogP contribution >= 0.6 is 23.2 Å². The van der Waals surface area contributed by atoms with Crippen LogP contribution in [0.4, 0.5) is 21.5 Å². The highest BCUT2D eigenvalue weighted by molar-refractivity contribution is 6.36. The molecule has 2 aromatic carbocycles. The number of ether oxygens (including phenoxy) is 1. The van der Waals surface area contributed by atoms with Crippen molar-refractivity contribution in [3.05, 3.63) is 99.9 Å². The average molecular weight is 621 g/mol. The number of nitrogens with zero attached hydrogens (tertiary/aromatic N) is 5. The van der Waals surface area contributed by atoms with Crippen LogP contribution in [0.5, 0.6) is 0 Å². The van der Waals surface area contributed by atoms with Crippen molar-refractivity contribution in [3.63, 3.8) is 0 Å². The summed E-state index contributed by atoms with van der Waals surface area (Å²) in [6.07, 6.45) is 7.03. The number of benzene rings is 2. The lowest BCUT2D eigenvalue weighted by atomic mass is 10.0. The summed E-state index contributed by atoms with van der Waals surface area (Å²) in [6, 6.07) is 13.7. The first kappa shape index (κ1) is 28.9. The molecule has 1 saturated heterocycles. The van der Waals surface area contributed by atoms with Gasteiger partial charge >= 0.3 is 0 Å². The molecular formula is C30H28Cl2FN9O. The van der Waals surface area contributed by atoms with Crippen molar-refractivity contribution in [1.29, 1.82) is 5.26 Å². The molecule has 4 N–H and O–H groups in total. The van der Waals surface area contributed by atoms with Crippen molar-refractivity contribution in [2.24, 2.45) is 0 Å². The number of anilines is 3. The minimum atomic E-state index is -0.535. The highest BCUT2D eigenvalue weighted by Crippen LogP contribution is 2.37. The predicted molar refractivity (Wildman–Crippen MR) is 165 cm³/mol. The molecule has 0 unspecified atom stereocenters. The van der Waals surface area contributed by atoms with Crippen LogP contribution in [0.2, 0.25) is 10.0 Å². The van der Waals surface area contributed by atoms with Crippen LogP contribution in [0.1, 0.15) is 17.2 Å². The number of hydrazine groups is 2. The molecule has 13 heteroatoms. The summed E-state index contributed by atoms with van der Waals surface area (Å²) in [5.41, 5.74) is 10.8. The van der Waals surface area contributed by atoms with Crippen LogP contribution in [-0.4, -0.2) is 59.3 Å². The fourth-order valence-corrected chi connectivity index (χ4v) is 5.49. The standard InChI is InChI=1S/C30H28Cl2FN9O/c31-24-13-21(3-4-26(24)33)37-28-20(15-34)17-36-30-23(28)12-22(14-25(30)32)38-29(19-2-1-5-35-16-19)27-18-42(40-39-27)7-6-41-8-10-43-11-9-41/h1-5,12-14,16-18,29,38-40H,6-11H2,(H,36,37)/t29-/m0/s1. The number of nitrogens with one attached hydrogen (secondary N) is 4. The van der Waals surface area contributed by atoms with Crippen LogP contribution in [0.15, 0.2) is 73.0 Å². The molecule has 0 saturated carbocycles. The SMILES string of the molecule is N#Cc1cnc2c(Cl)cc(N[C@H](C3=CN(CCN4CCOCC4)NN3)c3cccnc3)cc2c1Nc1ccc(F)c(Cl)c1. The minimum Gasteiger partial charge on any atom is -0.379 e. The number of aromatic nitrogens is 2. The van der Waals surface area contributed by atoms with E-state index >= 15 is 0 Å². The summed E-state index contributed by atoms with van der Waals surface area (Å²) in [7, 11) is 0. The summed E-state index contributed by atoms with van der Waals surface area (Å²) >= 11 is 12.8. The molecule has 0 spiro atoms. The van der Waals surface area contributed by atoms with E-state index in [2.05, 4.69) is 42.5 Å². The summed E-state index contributed by atoms with van der Waals surface area (Å²) in [6.45, 7) is 5.05. The van der Waals surface area contributed by atoms with Crippen LogP contribution in [0.25, 0.3) is 10.9 Å². The summed E-state index contributed by atoms with van der Waals surface area (Å²) in [5.74, 6) is -0.535. The molecule has 43 heavy (non-hydrogen) atoms. The van der Waals surface area contributed by atoms with Gasteiger partial charge in [0.15, 0.2) is 0 Å². The van der Waals surface area contributed by atoms with Gasteiger partial charge in [0.1, 0.15) is 11.9 Å². The zero-order valence-corrected chi connectivity index (χ0v) is 24.5. The van der Waals surface area contributed by atoms with Crippen LogP contribution in [0.3, 0.4) is 0 Å². The zero-order chi connectivity index (χ0) is 29.8. The van der Waals surface area contributed by atoms with E-state index in [9.17, 15) is 9.65 Å². The van der Waals surface area contributed by atoms with Crippen molar-refractivity contribution < 1.29 is 9.13 Å². The smallest absolute Gasteiger partial charge is 0.141 e. The normalized spacial score (nSPS) is 16.0. The Morgan fingerprint density at radius 2 is 1.91 bits per heavy atom. The Morgan fingerprint density at radius 1 is 1.07 bits per heavy atom. The molecule has 4 aromatic rings. The van der Waals surface area contributed by atoms with Gasteiger partial charge in [0, 0.05) is 67.7 Å². The molecule has 4 heterocycles. The molecule has 1 atom stereocenters. The van der Waals surface area contributed by atoms with E-state index in [1.54, 1.807) is 24.5 Å². The van der Waals surface area contributed by atoms with Gasteiger partial charge < -0.3 is 20.8 Å². The lowest BCUT2D eigenvalue weighted by molar-refractivity contribution is 0.0334. The molecular weight excluding hydrogens is 592 g/mol. The number of pyridine rings is 2. The minimum absolute atomic E-state index is 0.0356. The largest absolute Gasteiger partial charge is 0.379 e. The molecule has 2 aliphatic rings. The third-order valence-electron chi connectivity index (χ3n) is 7.27. The predicted octanol–water partition coefficient (Wildman–Crippen LogP) is 5.34. The van der Waals surface area contributed by atoms with Gasteiger partial charge in [-0.2, -0.15) is 5.26 Å². The molecule has 1 fully saturated rings. The first-order valence-corrected chi connectivity index (χ1v) is 14.4. The van der Waals surface area contributed by atoms with Crippen LogP contribution in [0, 0.1) is 17.1 Å². The fraction of sp³-hybridized carbons (Fsp3) is 0.233. The van der Waals surface area contributed by atoms with Gasteiger partial charge in [-0.05, 0) is 42.0 Å². The van der Waals surface area contributed by atoms with Gasteiger partial charge in [-0.15, -0.1) is 5.53 Å². The van der Waals surface area contributed by atoms with Crippen molar-refractivity contribution in [2.75, 3.05) is 50.0 Å². The monoisotopic (exact) mass is 619 g/mol. The van der Waals surface area contributed by atoms with Crippen molar-refractivity contribution in [2.45, 2.75) is 6.04 Å². The van der Waals surface area contributed by atoms with Gasteiger partial charge in [-0.1, -0.05) is 29.3 Å². The quantitative estimate of drug-likeness (QED) is 0.196. The van der Waals surface area contributed by atoms with Gasteiger partial charge in [-0.3, -0.25) is 19.9 Å². The molecule has 2 aromatic heterocycles. The van der Waals surface area contributed by atoms with E-state index in [4.69, 9.17) is 27.9 Å². The molecule has 6 rings (SSSR count). The van der Waals surface area contributed by atoms with E-state index in [1.807, 2.05) is 29.4 Å². The Hall–Kier alpha value is -4.18. The maximum Gasteiger partial charge on any atom is 0.141 e.